The molecule has 2 aromatic heterocycles. The Morgan fingerprint density at radius 1 is 1.28 bits per heavy atom. The van der Waals surface area contributed by atoms with Gasteiger partial charge in [-0.05, 0) is 62.6 Å². The van der Waals surface area contributed by atoms with Crippen molar-refractivity contribution in [2.75, 3.05) is 24.7 Å². The lowest BCUT2D eigenvalue weighted by Gasteiger charge is -2.37. The first-order chi connectivity index (χ1) is 14.0. The highest BCUT2D eigenvalue weighted by Crippen LogP contribution is 2.36. The van der Waals surface area contributed by atoms with Crippen molar-refractivity contribution in [3.8, 4) is 0 Å². The van der Waals surface area contributed by atoms with Gasteiger partial charge in [0.25, 0.3) is 0 Å². The van der Waals surface area contributed by atoms with Crippen LogP contribution in [0.2, 0.25) is 0 Å². The van der Waals surface area contributed by atoms with Crippen molar-refractivity contribution in [2.24, 2.45) is 5.92 Å². The van der Waals surface area contributed by atoms with Gasteiger partial charge in [-0.1, -0.05) is 6.08 Å². The van der Waals surface area contributed by atoms with E-state index in [-0.39, 0.29) is 11.3 Å². The molecule has 0 unspecified atom stereocenters. The number of rotatable bonds is 5. The molecular formula is C21H29N5O2S. The number of aromatic nitrogens is 2. The van der Waals surface area contributed by atoms with E-state index >= 15 is 0 Å². The molecule has 1 saturated carbocycles. The van der Waals surface area contributed by atoms with Gasteiger partial charge >= 0.3 is 0 Å². The standard InChI is InChI=1S/C21H29N5O2S/c1-16-11-17(6-10-26(16)29(27,28)19-3-4-19)12-18-5-9-25-20(13-18)21(14-23-25)24-8-2-7-22-15-24/h2,5,8-9,13-14,16-17,19,22H,3-4,6-7,10-12,15H2,1H3/t16-,17+/m0/s1. The summed E-state index contributed by atoms with van der Waals surface area (Å²) in [6.45, 7) is 4.41. The van der Waals surface area contributed by atoms with Gasteiger partial charge in [-0.2, -0.15) is 9.40 Å². The van der Waals surface area contributed by atoms with Gasteiger partial charge in [-0.25, -0.2) is 12.9 Å². The van der Waals surface area contributed by atoms with Crippen molar-refractivity contribution in [1.82, 2.24) is 19.2 Å². The smallest absolute Gasteiger partial charge is 0.217 e. The molecule has 2 atom stereocenters. The van der Waals surface area contributed by atoms with Crippen molar-refractivity contribution < 1.29 is 8.42 Å². The predicted molar refractivity (Wildman–Crippen MR) is 114 cm³/mol. The van der Waals surface area contributed by atoms with Gasteiger partial charge in [-0.15, -0.1) is 0 Å². The van der Waals surface area contributed by atoms with Gasteiger partial charge in [0.1, 0.15) is 0 Å². The summed E-state index contributed by atoms with van der Waals surface area (Å²) in [5.41, 5.74) is 3.51. The topological polar surface area (TPSA) is 70.0 Å². The van der Waals surface area contributed by atoms with Gasteiger partial charge in [0.15, 0.2) is 0 Å². The first-order valence-corrected chi connectivity index (χ1v) is 12.1. The van der Waals surface area contributed by atoms with Gasteiger partial charge in [0.2, 0.25) is 10.0 Å². The summed E-state index contributed by atoms with van der Waals surface area (Å²) in [6.07, 6.45) is 12.7. The molecule has 0 amide bonds. The molecule has 0 spiro atoms. The molecular weight excluding hydrogens is 386 g/mol. The summed E-state index contributed by atoms with van der Waals surface area (Å²) in [5.74, 6) is 0.515. The monoisotopic (exact) mass is 415 g/mol. The minimum atomic E-state index is -3.07. The second-order valence-corrected chi connectivity index (χ2v) is 10.8. The summed E-state index contributed by atoms with van der Waals surface area (Å²) in [5, 5.41) is 7.73. The van der Waals surface area contributed by atoms with Crippen LogP contribution in [0.1, 0.15) is 38.2 Å². The predicted octanol–water partition coefficient (Wildman–Crippen LogP) is 2.35. The lowest BCUT2D eigenvalue weighted by molar-refractivity contribution is 0.208. The summed E-state index contributed by atoms with van der Waals surface area (Å²) >= 11 is 0. The number of fused-ring (bicyclic) bond motifs is 1. The van der Waals surface area contributed by atoms with Crippen molar-refractivity contribution in [1.29, 1.82) is 0 Å². The molecule has 2 aromatic rings. The normalized spacial score (nSPS) is 26.3. The third-order valence-electron chi connectivity index (χ3n) is 6.43. The minimum absolute atomic E-state index is 0.0955. The molecule has 0 bridgehead atoms. The largest absolute Gasteiger partial charge is 0.332 e. The van der Waals surface area contributed by atoms with Crippen molar-refractivity contribution in [2.45, 2.75) is 50.3 Å². The fourth-order valence-corrected chi connectivity index (χ4v) is 6.79. The number of nitrogens with zero attached hydrogens (tertiary/aromatic N) is 4. The molecule has 3 aliphatic rings. The zero-order chi connectivity index (χ0) is 20.0. The summed E-state index contributed by atoms with van der Waals surface area (Å²) in [6, 6.07) is 4.48. The van der Waals surface area contributed by atoms with Crippen LogP contribution in [0.15, 0.2) is 36.8 Å². The number of piperidine rings is 1. The highest BCUT2D eigenvalue weighted by Gasteiger charge is 2.43. The van der Waals surface area contributed by atoms with E-state index in [1.165, 1.54) is 5.56 Å². The van der Waals surface area contributed by atoms with Gasteiger partial charge in [-0.3, -0.25) is 5.32 Å². The van der Waals surface area contributed by atoms with E-state index in [2.05, 4.69) is 46.6 Å². The Hall–Kier alpha value is -1.90. The highest BCUT2D eigenvalue weighted by molar-refractivity contribution is 7.90. The maximum Gasteiger partial charge on any atom is 0.217 e. The van der Waals surface area contributed by atoms with Crippen LogP contribution in [0.5, 0.6) is 0 Å². The molecule has 5 rings (SSSR count). The zero-order valence-electron chi connectivity index (χ0n) is 16.9. The number of hydrogen-bond acceptors (Lipinski definition) is 5. The van der Waals surface area contributed by atoms with Crippen LogP contribution in [-0.4, -0.2) is 53.4 Å². The summed E-state index contributed by atoms with van der Waals surface area (Å²) in [4.78, 5) is 2.18. The molecule has 156 valence electrons. The molecule has 2 fully saturated rings. The number of hydrogen-bond donors (Lipinski definition) is 1. The number of sulfonamides is 1. The molecule has 8 heteroatoms. The van der Waals surface area contributed by atoms with Gasteiger partial charge in [0.05, 0.1) is 29.3 Å². The highest BCUT2D eigenvalue weighted by atomic mass is 32.2. The molecule has 1 saturated heterocycles. The number of pyridine rings is 1. The SMILES string of the molecule is C[C@H]1C[C@H](Cc2ccn3ncc(N4C=CCNC4)c3c2)CCN1S(=O)(=O)C1CC1. The Kier molecular flexibility index (Phi) is 4.88. The van der Waals surface area contributed by atoms with Crippen molar-refractivity contribution in [3.63, 3.8) is 0 Å². The molecule has 4 heterocycles. The van der Waals surface area contributed by atoms with E-state index < -0.39 is 10.0 Å². The Labute approximate surface area is 172 Å². The molecule has 0 radical (unpaired) electrons. The van der Waals surface area contributed by atoms with Crippen molar-refractivity contribution >= 4 is 21.2 Å². The van der Waals surface area contributed by atoms with E-state index in [0.29, 0.717) is 12.5 Å². The van der Waals surface area contributed by atoms with Gasteiger partial charge in [0, 0.05) is 31.5 Å². The fraction of sp³-hybridized carbons (Fsp3) is 0.571. The maximum atomic E-state index is 12.6. The zero-order valence-corrected chi connectivity index (χ0v) is 17.7. The van der Waals surface area contributed by atoms with Crippen LogP contribution in [0.3, 0.4) is 0 Å². The Bertz CT molecular complexity index is 1030. The lowest BCUT2D eigenvalue weighted by Crippen LogP contribution is -2.46. The minimum Gasteiger partial charge on any atom is -0.332 e. The summed E-state index contributed by atoms with van der Waals surface area (Å²) < 4.78 is 29.0. The van der Waals surface area contributed by atoms with Gasteiger partial charge < -0.3 is 4.90 Å². The molecule has 29 heavy (non-hydrogen) atoms. The molecule has 1 aliphatic carbocycles. The first-order valence-electron chi connectivity index (χ1n) is 10.6. The van der Waals surface area contributed by atoms with Crippen LogP contribution >= 0.6 is 0 Å². The second-order valence-electron chi connectivity index (χ2n) is 8.66. The first kappa shape index (κ1) is 19.1. The fourth-order valence-electron chi connectivity index (χ4n) is 4.73. The summed E-state index contributed by atoms with van der Waals surface area (Å²) in [7, 11) is -3.07. The van der Waals surface area contributed by atoms with E-state index in [4.69, 9.17) is 0 Å². The third kappa shape index (κ3) is 3.69. The average molecular weight is 416 g/mol. The van der Waals surface area contributed by atoms with Crippen LogP contribution in [0.25, 0.3) is 5.52 Å². The molecule has 1 N–H and O–H groups in total. The van der Waals surface area contributed by atoms with E-state index in [0.717, 1.165) is 56.5 Å². The van der Waals surface area contributed by atoms with Crippen LogP contribution < -0.4 is 10.2 Å². The van der Waals surface area contributed by atoms with Crippen LogP contribution in [0.4, 0.5) is 5.69 Å². The molecule has 2 aliphatic heterocycles. The second kappa shape index (κ2) is 7.41. The van der Waals surface area contributed by atoms with Crippen LogP contribution in [-0.2, 0) is 16.4 Å². The maximum absolute atomic E-state index is 12.6. The lowest BCUT2D eigenvalue weighted by atomic mass is 9.88. The van der Waals surface area contributed by atoms with E-state index in [1.54, 1.807) is 4.31 Å². The average Bonchev–Trinajstić information content (AvgIpc) is 3.50. The molecule has 0 aromatic carbocycles. The Morgan fingerprint density at radius 2 is 2.14 bits per heavy atom. The Balaban J connectivity index is 1.31. The third-order valence-corrected chi connectivity index (χ3v) is 8.94. The van der Waals surface area contributed by atoms with E-state index in [1.807, 2.05) is 16.9 Å². The Morgan fingerprint density at radius 3 is 2.86 bits per heavy atom. The number of anilines is 1. The quantitative estimate of drug-likeness (QED) is 0.812. The van der Waals surface area contributed by atoms with Crippen molar-refractivity contribution in [3.05, 3.63) is 42.4 Å². The molecule has 7 nitrogen and oxygen atoms in total. The number of nitrogens with one attached hydrogen (secondary N) is 1. The van der Waals surface area contributed by atoms with Crippen LogP contribution in [0, 0.1) is 5.92 Å². The van der Waals surface area contributed by atoms with E-state index in [9.17, 15) is 8.42 Å².